The quantitative estimate of drug-likeness (QED) is 0.870. The first-order chi connectivity index (χ1) is 9.16. The molecule has 2 rings (SSSR count). The van der Waals surface area contributed by atoms with Crippen LogP contribution in [0, 0.1) is 5.92 Å². The number of aromatic carboxylic acids is 1. The number of benzene rings is 1. The lowest BCUT2D eigenvalue weighted by Gasteiger charge is -2.28. The first kappa shape index (κ1) is 14.4. The molecule has 1 heterocycles. The monoisotopic (exact) mass is 279 g/mol. The van der Waals surface area contributed by atoms with Crippen LogP contribution in [0.3, 0.4) is 0 Å². The summed E-state index contributed by atoms with van der Waals surface area (Å²) < 4.78 is 0. The van der Waals surface area contributed by atoms with Crippen molar-refractivity contribution in [1.82, 2.24) is 5.32 Å². The number of nitrogens with one attached hydrogen (secondary N) is 1. The van der Waals surface area contributed by atoms with E-state index in [2.05, 4.69) is 24.0 Å². The van der Waals surface area contributed by atoms with Crippen molar-refractivity contribution in [3.05, 3.63) is 35.4 Å². The van der Waals surface area contributed by atoms with Crippen LogP contribution in [-0.2, 0) is 6.54 Å². The Balaban J connectivity index is 1.82. The van der Waals surface area contributed by atoms with Crippen molar-refractivity contribution in [2.45, 2.75) is 32.4 Å². The van der Waals surface area contributed by atoms with Crippen LogP contribution in [0.5, 0.6) is 0 Å². The third kappa shape index (κ3) is 4.25. The summed E-state index contributed by atoms with van der Waals surface area (Å²) in [5.41, 5.74) is 1.49. The van der Waals surface area contributed by atoms with E-state index in [0.29, 0.717) is 11.6 Å². The molecule has 0 radical (unpaired) electrons. The van der Waals surface area contributed by atoms with Crippen LogP contribution in [0.4, 0.5) is 0 Å². The van der Waals surface area contributed by atoms with Crippen molar-refractivity contribution in [3.8, 4) is 0 Å². The Hall–Kier alpha value is -1.00. The fourth-order valence-electron chi connectivity index (χ4n) is 2.43. The normalized spacial score (nSPS) is 18.2. The Morgan fingerprint density at radius 1 is 1.37 bits per heavy atom. The first-order valence-corrected chi connectivity index (χ1v) is 7.95. The van der Waals surface area contributed by atoms with E-state index in [1.165, 1.54) is 24.3 Å². The standard InChI is InChI=1S/C15H21NO2S/c1-11(13-6-8-19-9-7-13)16-10-12-2-4-14(5-3-12)15(17)18/h2-5,11,13,16H,6-10H2,1H3,(H,17,18). The second kappa shape index (κ2) is 6.96. The summed E-state index contributed by atoms with van der Waals surface area (Å²) >= 11 is 2.05. The van der Waals surface area contributed by atoms with Crippen molar-refractivity contribution < 1.29 is 9.90 Å². The zero-order valence-electron chi connectivity index (χ0n) is 11.3. The number of carboxylic acid groups (broad SMARTS) is 1. The van der Waals surface area contributed by atoms with E-state index in [1.54, 1.807) is 12.1 Å². The zero-order valence-corrected chi connectivity index (χ0v) is 12.1. The molecule has 1 aromatic rings. The fourth-order valence-corrected chi connectivity index (χ4v) is 3.57. The van der Waals surface area contributed by atoms with E-state index >= 15 is 0 Å². The Morgan fingerprint density at radius 3 is 2.58 bits per heavy atom. The van der Waals surface area contributed by atoms with Gasteiger partial charge in [0.2, 0.25) is 0 Å². The highest BCUT2D eigenvalue weighted by molar-refractivity contribution is 7.99. The van der Waals surface area contributed by atoms with Gasteiger partial charge in [0.25, 0.3) is 0 Å². The molecule has 0 spiro atoms. The molecule has 0 aliphatic carbocycles. The van der Waals surface area contributed by atoms with Gasteiger partial charge in [0.05, 0.1) is 5.56 Å². The Labute approximate surface area is 118 Å². The van der Waals surface area contributed by atoms with E-state index < -0.39 is 5.97 Å². The molecule has 3 nitrogen and oxygen atoms in total. The van der Waals surface area contributed by atoms with Gasteiger partial charge in [-0.15, -0.1) is 0 Å². The number of carbonyl (C=O) groups is 1. The SMILES string of the molecule is CC(NCc1ccc(C(=O)O)cc1)C1CCSCC1. The molecule has 104 valence electrons. The average molecular weight is 279 g/mol. The molecule has 0 aromatic heterocycles. The van der Waals surface area contributed by atoms with Gasteiger partial charge in [0.1, 0.15) is 0 Å². The predicted molar refractivity (Wildman–Crippen MR) is 79.8 cm³/mol. The van der Waals surface area contributed by atoms with Gasteiger partial charge in [-0.05, 0) is 54.9 Å². The van der Waals surface area contributed by atoms with Gasteiger partial charge in [-0.1, -0.05) is 12.1 Å². The average Bonchev–Trinajstić information content (AvgIpc) is 2.46. The summed E-state index contributed by atoms with van der Waals surface area (Å²) in [6.07, 6.45) is 2.60. The van der Waals surface area contributed by atoms with E-state index in [-0.39, 0.29) is 0 Å². The maximum Gasteiger partial charge on any atom is 0.335 e. The lowest BCUT2D eigenvalue weighted by molar-refractivity contribution is 0.0697. The van der Waals surface area contributed by atoms with Crippen LogP contribution < -0.4 is 5.32 Å². The molecule has 1 atom stereocenters. The van der Waals surface area contributed by atoms with Gasteiger partial charge < -0.3 is 10.4 Å². The summed E-state index contributed by atoms with van der Waals surface area (Å²) in [6.45, 7) is 3.07. The largest absolute Gasteiger partial charge is 0.478 e. The van der Waals surface area contributed by atoms with Crippen LogP contribution >= 0.6 is 11.8 Å². The zero-order chi connectivity index (χ0) is 13.7. The summed E-state index contributed by atoms with van der Waals surface area (Å²) in [6, 6.07) is 7.64. The van der Waals surface area contributed by atoms with E-state index in [0.717, 1.165) is 18.0 Å². The Bertz CT molecular complexity index is 413. The second-order valence-corrected chi connectivity index (χ2v) is 6.35. The minimum atomic E-state index is -0.868. The third-order valence-electron chi connectivity index (χ3n) is 3.80. The number of hydrogen-bond donors (Lipinski definition) is 2. The fraction of sp³-hybridized carbons (Fsp3) is 0.533. The topological polar surface area (TPSA) is 49.3 Å². The lowest BCUT2D eigenvalue weighted by Crippen LogP contribution is -2.35. The van der Waals surface area contributed by atoms with Crippen molar-refractivity contribution in [2.75, 3.05) is 11.5 Å². The number of carboxylic acids is 1. The molecule has 1 fully saturated rings. The van der Waals surface area contributed by atoms with Gasteiger partial charge in [-0.2, -0.15) is 11.8 Å². The summed E-state index contributed by atoms with van der Waals surface area (Å²) in [4.78, 5) is 10.8. The minimum absolute atomic E-state index is 0.348. The molecule has 4 heteroatoms. The minimum Gasteiger partial charge on any atom is -0.478 e. The highest BCUT2D eigenvalue weighted by Gasteiger charge is 2.19. The molecule has 2 N–H and O–H groups in total. The molecular weight excluding hydrogens is 258 g/mol. The van der Waals surface area contributed by atoms with Gasteiger partial charge in [-0.25, -0.2) is 4.79 Å². The summed E-state index contributed by atoms with van der Waals surface area (Å²) in [7, 11) is 0. The molecule has 0 bridgehead atoms. The summed E-state index contributed by atoms with van der Waals surface area (Å²) in [5.74, 6) is 2.47. The Kier molecular flexibility index (Phi) is 5.28. The van der Waals surface area contributed by atoms with Gasteiger partial charge in [0.15, 0.2) is 0 Å². The number of thioether (sulfide) groups is 1. The second-order valence-electron chi connectivity index (χ2n) is 5.12. The molecule has 1 aliphatic heterocycles. The van der Waals surface area contributed by atoms with E-state index in [4.69, 9.17) is 5.11 Å². The summed E-state index contributed by atoms with van der Waals surface area (Å²) in [5, 5.41) is 12.4. The van der Waals surface area contributed by atoms with Gasteiger partial charge in [0, 0.05) is 12.6 Å². The van der Waals surface area contributed by atoms with Crippen LogP contribution in [0.1, 0.15) is 35.7 Å². The van der Waals surface area contributed by atoms with E-state index in [1.807, 2.05) is 12.1 Å². The third-order valence-corrected chi connectivity index (χ3v) is 4.85. The molecular formula is C15H21NO2S. The molecule has 1 unspecified atom stereocenters. The molecule has 0 amide bonds. The Morgan fingerprint density at radius 2 is 2.00 bits per heavy atom. The maximum absolute atomic E-state index is 10.8. The predicted octanol–water partition coefficient (Wildman–Crippen LogP) is 3.01. The molecule has 1 aromatic carbocycles. The maximum atomic E-state index is 10.8. The highest BCUT2D eigenvalue weighted by Crippen LogP contribution is 2.25. The molecule has 1 aliphatic rings. The molecule has 19 heavy (non-hydrogen) atoms. The van der Waals surface area contributed by atoms with Crippen molar-refractivity contribution in [2.24, 2.45) is 5.92 Å². The first-order valence-electron chi connectivity index (χ1n) is 6.80. The van der Waals surface area contributed by atoms with Gasteiger partial charge in [-0.3, -0.25) is 0 Å². The smallest absolute Gasteiger partial charge is 0.335 e. The highest BCUT2D eigenvalue weighted by atomic mass is 32.2. The van der Waals surface area contributed by atoms with E-state index in [9.17, 15) is 4.79 Å². The number of hydrogen-bond acceptors (Lipinski definition) is 3. The molecule has 0 saturated carbocycles. The van der Waals surface area contributed by atoms with Crippen molar-refractivity contribution >= 4 is 17.7 Å². The van der Waals surface area contributed by atoms with Crippen LogP contribution in [0.15, 0.2) is 24.3 Å². The number of rotatable bonds is 5. The van der Waals surface area contributed by atoms with Crippen molar-refractivity contribution in [1.29, 1.82) is 0 Å². The van der Waals surface area contributed by atoms with Crippen molar-refractivity contribution in [3.63, 3.8) is 0 Å². The lowest BCUT2D eigenvalue weighted by atomic mass is 9.95. The van der Waals surface area contributed by atoms with Crippen LogP contribution in [-0.4, -0.2) is 28.6 Å². The van der Waals surface area contributed by atoms with Gasteiger partial charge >= 0.3 is 5.97 Å². The van der Waals surface area contributed by atoms with Crippen LogP contribution in [0.2, 0.25) is 0 Å². The molecule has 1 saturated heterocycles. The van der Waals surface area contributed by atoms with Crippen LogP contribution in [0.25, 0.3) is 0 Å².